The van der Waals surface area contributed by atoms with E-state index in [0.29, 0.717) is 6.42 Å². The summed E-state index contributed by atoms with van der Waals surface area (Å²) >= 11 is 0. The molecule has 0 heterocycles. The smallest absolute Gasteiger partial charge is 0.416 e. The fraction of sp³-hybridized carbons (Fsp3) is 0.429. The maximum Gasteiger partial charge on any atom is 0.416 e. The number of carboxylic acids is 1. The minimum Gasteiger partial charge on any atom is -0.492 e. The predicted molar refractivity (Wildman–Crippen MR) is 69.2 cm³/mol. The lowest BCUT2D eigenvalue weighted by Crippen LogP contribution is -2.30. The van der Waals surface area contributed by atoms with Crippen molar-refractivity contribution in [2.24, 2.45) is 11.8 Å². The molecule has 0 aliphatic heterocycles. The number of carbonyl (C=O) groups is 2. The molecular weight excluding hydrogens is 303 g/mol. The number of amides is 1. The van der Waals surface area contributed by atoms with Gasteiger partial charge in [0.1, 0.15) is 12.4 Å². The van der Waals surface area contributed by atoms with Gasteiger partial charge in [-0.25, -0.2) is 0 Å². The second kappa shape index (κ2) is 6.25. The number of benzene rings is 1. The van der Waals surface area contributed by atoms with Gasteiger partial charge in [0.05, 0.1) is 23.9 Å². The SMILES string of the molecule is O=C(O)C1CC1C(=O)NCCOc1cccc(C(F)(F)F)c1. The van der Waals surface area contributed by atoms with E-state index in [9.17, 15) is 22.8 Å². The lowest BCUT2D eigenvalue weighted by Gasteiger charge is -2.10. The average Bonchev–Trinajstić information content (AvgIpc) is 3.23. The second-order valence-corrected chi connectivity index (χ2v) is 4.95. The highest BCUT2D eigenvalue weighted by Gasteiger charge is 2.48. The molecule has 2 unspecified atom stereocenters. The zero-order valence-electron chi connectivity index (χ0n) is 11.4. The maximum absolute atomic E-state index is 12.5. The fourth-order valence-electron chi connectivity index (χ4n) is 1.99. The number of halogens is 3. The molecule has 1 aliphatic carbocycles. The van der Waals surface area contributed by atoms with Gasteiger partial charge in [-0.1, -0.05) is 6.07 Å². The van der Waals surface area contributed by atoms with Gasteiger partial charge in [-0.05, 0) is 24.6 Å². The van der Waals surface area contributed by atoms with E-state index in [0.717, 1.165) is 12.1 Å². The molecule has 2 N–H and O–H groups in total. The molecule has 1 amide bonds. The van der Waals surface area contributed by atoms with Crippen LogP contribution in [0, 0.1) is 11.8 Å². The molecular formula is C14H14F3NO4. The molecule has 2 rings (SSSR count). The number of ether oxygens (including phenoxy) is 1. The van der Waals surface area contributed by atoms with E-state index < -0.39 is 29.5 Å². The third-order valence-electron chi connectivity index (χ3n) is 3.28. The molecule has 5 nitrogen and oxygen atoms in total. The molecule has 0 saturated heterocycles. The summed E-state index contributed by atoms with van der Waals surface area (Å²) in [5, 5.41) is 11.2. The zero-order valence-corrected chi connectivity index (χ0v) is 11.4. The zero-order chi connectivity index (χ0) is 16.3. The van der Waals surface area contributed by atoms with Crippen LogP contribution in [-0.2, 0) is 15.8 Å². The molecule has 1 aromatic rings. The Hall–Kier alpha value is -2.25. The molecule has 22 heavy (non-hydrogen) atoms. The molecule has 1 aliphatic rings. The topological polar surface area (TPSA) is 75.6 Å². The highest BCUT2D eigenvalue weighted by molar-refractivity contribution is 5.89. The van der Waals surface area contributed by atoms with Crippen molar-refractivity contribution >= 4 is 11.9 Å². The van der Waals surface area contributed by atoms with E-state index in [4.69, 9.17) is 9.84 Å². The Balaban J connectivity index is 1.73. The van der Waals surface area contributed by atoms with Gasteiger partial charge in [-0.3, -0.25) is 9.59 Å². The summed E-state index contributed by atoms with van der Waals surface area (Å²) in [7, 11) is 0. The van der Waals surface area contributed by atoms with E-state index >= 15 is 0 Å². The molecule has 1 fully saturated rings. The number of carboxylic acid groups (broad SMARTS) is 1. The highest BCUT2D eigenvalue weighted by Crippen LogP contribution is 2.38. The summed E-state index contributed by atoms with van der Waals surface area (Å²) in [5.41, 5.74) is -0.809. The summed E-state index contributed by atoms with van der Waals surface area (Å²) in [6.07, 6.45) is -4.12. The van der Waals surface area contributed by atoms with Crippen molar-refractivity contribution in [1.82, 2.24) is 5.32 Å². The van der Waals surface area contributed by atoms with Crippen molar-refractivity contribution in [3.8, 4) is 5.75 Å². The van der Waals surface area contributed by atoms with Crippen LogP contribution in [0.3, 0.4) is 0 Å². The van der Waals surface area contributed by atoms with Crippen molar-refractivity contribution in [3.63, 3.8) is 0 Å². The maximum atomic E-state index is 12.5. The summed E-state index contributed by atoms with van der Waals surface area (Å²) < 4.78 is 42.6. The van der Waals surface area contributed by atoms with Crippen LogP contribution in [-0.4, -0.2) is 30.1 Å². The van der Waals surface area contributed by atoms with Crippen molar-refractivity contribution in [1.29, 1.82) is 0 Å². The number of rotatable bonds is 6. The first kappa shape index (κ1) is 16.1. The first-order valence-electron chi connectivity index (χ1n) is 6.59. The van der Waals surface area contributed by atoms with Gasteiger partial charge in [0.25, 0.3) is 0 Å². The fourth-order valence-corrected chi connectivity index (χ4v) is 1.99. The Labute approximate surface area is 124 Å². The van der Waals surface area contributed by atoms with Crippen molar-refractivity contribution < 1.29 is 32.6 Å². The summed E-state index contributed by atoms with van der Waals surface area (Å²) in [4.78, 5) is 22.1. The predicted octanol–water partition coefficient (Wildman–Crippen LogP) is 1.92. The lowest BCUT2D eigenvalue weighted by atomic mass is 10.2. The summed E-state index contributed by atoms with van der Waals surface area (Å²) in [5.74, 6) is -2.48. The van der Waals surface area contributed by atoms with Crippen LogP contribution >= 0.6 is 0 Å². The van der Waals surface area contributed by atoms with Gasteiger partial charge >= 0.3 is 12.1 Å². The molecule has 1 saturated carbocycles. The van der Waals surface area contributed by atoms with Gasteiger partial charge < -0.3 is 15.2 Å². The molecule has 1 aromatic carbocycles. The largest absolute Gasteiger partial charge is 0.492 e. The Morgan fingerprint density at radius 3 is 2.64 bits per heavy atom. The number of hydrogen-bond acceptors (Lipinski definition) is 3. The number of alkyl halides is 3. The minimum absolute atomic E-state index is 0.00247. The average molecular weight is 317 g/mol. The Kier molecular flexibility index (Phi) is 4.58. The Bertz CT molecular complexity index is 573. The number of nitrogens with one attached hydrogen (secondary N) is 1. The van der Waals surface area contributed by atoms with Gasteiger partial charge in [0.2, 0.25) is 5.91 Å². The standard InChI is InChI=1S/C14H14F3NO4/c15-14(16,17)8-2-1-3-9(6-8)22-5-4-18-12(19)10-7-11(10)13(20)21/h1-3,6,10-11H,4-5,7H2,(H,18,19)(H,20,21). The normalized spacial score (nSPS) is 20.3. The van der Waals surface area contributed by atoms with Crippen LogP contribution in [0.1, 0.15) is 12.0 Å². The summed E-state index contributed by atoms with van der Waals surface area (Å²) in [6, 6.07) is 4.44. The van der Waals surface area contributed by atoms with Crippen molar-refractivity contribution in [2.45, 2.75) is 12.6 Å². The van der Waals surface area contributed by atoms with Gasteiger partial charge in [-0.2, -0.15) is 13.2 Å². The second-order valence-electron chi connectivity index (χ2n) is 4.95. The Morgan fingerprint density at radius 2 is 2.05 bits per heavy atom. The van der Waals surface area contributed by atoms with E-state index in [1.807, 2.05) is 0 Å². The molecule has 2 atom stereocenters. The molecule has 0 aromatic heterocycles. The van der Waals surface area contributed by atoms with Crippen LogP contribution in [0.4, 0.5) is 13.2 Å². The number of hydrogen-bond donors (Lipinski definition) is 2. The quantitative estimate of drug-likeness (QED) is 0.786. The molecule has 0 spiro atoms. The van der Waals surface area contributed by atoms with Gasteiger partial charge in [0, 0.05) is 0 Å². The molecule has 8 heteroatoms. The Morgan fingerprint density at radius 1 is 1.32 bits per heavy atom. The minimum atomic E-state index is -4.44. The monoisotopic (exact) mass is 317 g/mol. The van der Waals surface area contributed by atoms with E-state index in [1.54, 1.807) is 0 Å². The number of aliphatic carboxylic acids is 1. The third kappa shape index (κ3) is 4.12. The number of carbonyl (C=O) groups excluding carboxylic acids is 1. The van der Waals surface area contributed by atoms with E-state index in [-0.39, 0.29) is 24.8 Å². The first-order valence-corrected chi connectivity index (χ1v) is 6.59. The van der Waals surface area contributed by atoms with Crippen molar-refractivity contribution in [2.75, 3.05) is 13.2 Å². The van der Waals surface area contributed by atoms with Crippen molar-refractivity contribution in [3.05, 3.63) is 29.8 Å². The molecule has 0 bridgehead atoms. The van der Waals surface area contributed by atoms with Gasteiger partial charge in [0.15, 0.2) is 0 Å². The molecule has 0 radical (unpaired) electrons. The third-order valence-corrected chi connectivity index (χ3v) is 3.28. The van der Waals surface area contributed by atoms with E-state index in [1.165, 1.54) is 12.1 Å². The van der Waals surface area contributed by atoms with Crippen LogP contribution in [0.2, 0.25) is 0 Å². The van der Waals surface area contributed by atoms with Crippen LogP contribution in [0.15, 0.2) is 24.3 Å². The van der Waals surface area contributed by atoms with E-state index in [2.05, 4.69) is 5.32 Å². The summed E-state index contributed by atoms with van der Waals surface area (Å²) in [6.45, 7) is 0.0927. The van der Waals surface area contributed by atoms with Crippen LogP contribution in [0.5, 0.6) is 5.75 Å². The first-order chi connectivity index (χ1) is 10.3. The van der Waals surface area contributed by atoms with Crippen LogP contribution in [0.25, 0.3) is 0 Å². The highest BCUT2D eigenvalue weighted by atomic mass is 19.4. The molecule has 120 valence electrons. The van der Waals surface area contributed by atoms with Gasteiger partial charge in [-0.15, -0.1) is 0 Å². The lowest BCUT2D eigenvalue weighted by molar-refractivity contribution is -0.140. The van der Waals surface area contributed by atoms with Crippen LogP contribution < -0.4 is 10.1 Å².